The Labute approximate surface area is 497 Å². The molecule has 0 heterocycles. The maximum atomic E-state index is 13.0. The number of unbranched alkanes of at least 4 members (excludes halogenated alkanes) is 37. The topological polar surface area (TPSA) is 105 Å². The molecule has 0 aliphatic rings. The number of likely N-dealkylation sites (N-methyl/N-ethyl adjacent to an activating group) is 1. The van der Waals surface area contributed by atoms with Crippen LogP contribution in [0.25, 0.3) is 0 Å². The van der Waals surface area contributed by atoms with E-state index >= 15 is 0 Å². The Morgan fingerprint density at radius 3 is 1.15 bits per heavy atom. The molecule has 1 amide bonds. The van der Waals surface area contributed by atoms with Gasteiger partial charge in [-0.25, -0.2) is 4.57 Å². The van der Waals surface area contributed by atoms with Gasteiger partial charge in [-0.15, -0.1) is 0 Å². The Morgan fingerprint density at radius 2 is 0.762 bits per heavy atom. The summed E-state index contributed by atoms with van der Waals surface area (Å²) in [6, 6.07) is -0.864. The second-order valence-electron chi connectivity index (χ2n) is 24.2. The van der Waals surface area contributed by atoms with Gasteiger partial charge in [-0.2, -0.15) is 0 Å². The number of phosphoric ester groups is 1. The predicted molar refractivity (Wildman–Crippen MR) is 350 cm³/mol. The second kappa shape index (κ2) is 61.2. The van der Waals surface area contributed by atoms with Crippen molar-refractivity contribution in [2.24, 2.45) is 0 Å². The molecule has 0 aliphatic carbocycles. The van der Waals surface area contributed by atoms with Gasteiger partial charge < -0.3 is 19.8 Å². The summed E-state index contributed by atoms with van der Waals surface area (Å²) in [5.41, 5.74) is 0. The third-order valence-electron chi connectivity index (χ3n) is 15.1. The first-order chi connectivity index (χ1) is 39.0. The normalized spacial score (nSPS) is 14.2. The van der Waals surface area contributed by atoms with Crippen molar-refractivity contribution in [3.05, 3.63) is 85.1 Å². The largest absolute Gasteiger partial charge is 0.472 e. The van der Waals surface area contributed by atoms with Gasteiger partial charge in [0.2, 0.25) is 5.91 Å². The van der Waals surface area contributed by atoms with Gasteiger partial charge in [0, 0.05) is 6.42 Å². The van der Waals surface area contributed by atoms with Crippen molar-refractivity contribution in [3.8, 4) is 0 Å². The average molecular weight is 1140 g/mol. The van der Waals surface area contributed by atoms with E-state index in [1.807, 2.05) is 27.2 Å². The molecule has 0 saturated heterocycles. The summed E-state index contributed by atoms with van der Waals surface area (Å²) in [5.74, 6) is -0.183. The molecular weight excluding hydrogens is 1010 g/mol. The van der Waals surface area contributed by atoms with Crippen molar-refractivity contribution in [2.75, 3.05) is 40.9 Å². The predicted octanol–water partition coefficient (Wildman–Crippen LogP) is 21.5. The van der Waals surface area contributed by atoms with Crippen LogP contribution in [0.3, 0.4) is 0 Å². The quantitative estimate of drug-likeness (QED) is 0.0243. The van der Waals surface area contributed by atoms with Gasteiger partial charge in [-0.1, -0.05) is 311 Å². The van der Waals surface area contributed by atoms with Crippen molar-refractivity contribution in [1.29, 1.82) is 0 Å². The number of nitrogens with zero attached hydrogens (tertiary/aromatic N) is 1. The molecule has 3 atom stereocenters. The molecule has 0 aromatic heterocycles. The first kappa shape index (κ1) is 77.7. The van der Waals surface area contributed by atoms with Crippen molar-refractivity contribution in [3.63, 3.8) is 0 Å². The highest BCUT2D eigenvalue weighted by atomic mass is 31.2. The summed E-state index contributed by atoms with van der Waals surface area (Å²) in [4.78, 5) is 23.4. The standard InChI is InChI=1S/C71H131N2O6P/c1-6-8-10-12-14-16-18-20-22-24-25-26-27-28-29-30-31-32-33-34-35-36-37-38-39-40-41-42-43-44-45-46-47-49-51-53-55-57-59-61-63-65-71(75)72-69(68-79-80(76,77)78-67-66-73(3,4)5)70(74)64-62-60-58-56-54-52-50-48-23-21-19-17-15-13-11-9-7-2/h8,10,14,16,20,22,25-26,28-29,54,56,62,64,69-70,74H,6-7,9,11-13,15,17-19,21,23-24,27,30-53,55,57-61,63,65-68H2,1-5H3,(H-,72,75,76,77)/p+1/b10-8-,16-14-,22-20-,26-25-,29-28-,56-54+,64-62+. The van der Waals surface area contributed by atoms with Gasteiger partial charge >= 0.3 is 7.82 Å². The Balaban J connectivity index is 3.93. The molecule has 0 fully saturated rings. The summed E-state index contributed by atoms with van der Waals surface area (Å²) >= 11 is 0. The fourth-order valence-corrected chi connectivity index (χ4v) is 10.6. The lowest BCUT2D eigenvalue weighted by molar-refractivity contribution is -0.870. The molecular formula is C71H132N2O6P+. The fourth-order valence-electron chi connectivity index (χ4n) is 9.85. The lowest BCUT2D eigenvalue weighted by Crippen LogP contribution is -2.45. The van der Waals surface area contributed by atoms with E-state index in [2.05, 4.69) is 92.1 Å². The maximum Gasteiger partial charge on any atom is 0.472 e. The van der Waals surface area contributed by atoms with Gasteiger partial charge in [0.25, 0.3) is 0 Å². The minimum absolute atomic E-state index is 0.0560. The Hall–Kier alpha value is -2.32. The van der Waals surface area contributed by atoms with Crippen LogP contribution in [0.4, 0.5) is 0 Å². The number of carbonyl (C=O) groups excluding carboxylic acids is 1. The van der Waals surface area contributed by atoms with Gasteiger partial charge in [-0.3, -0.25) is 13.8 Å². The SMILES string of the molecule is CC/C=C\C/C=C\C/C=C\C/C=C\C/C=C\CCCCCCCCCCCCCCCCCCCCCCCCCCCC(=O)NC(COP(=O)(O)OCC[N+](C)(C)C)C(O)/C=C/CC/C=C/CCCCCCCCCCCCC. The number of phosphoric acid groups is 1. The van der Waals surface area contributed by atoms with Crippen LogP contribution in [-0.2, 0) is 18.4 Å². The average Bonchev–Trinajstić information content (AvgIpc) is 3.42. The molecule has 0 saturated carbocycles. The zero-order valence-corrected chi connectivity index (χ0v) is 54.2. The van der Waals surface area contributed by atoms with E-state index in [1.165, 1.54) is 218 Å². The number of aliphatic hydroxyl groups is 1. The third-order valence-corrected chi connectivity index (χ3v) is 16.1. The van der Waals surface area contributed by atoms with Crippen LogP contribution < -0.4 is 5.32 Å². The highest BCUT2D eigenvalue weighted by molar-refractivity contribution is 7.47. The molecule has 9 heteroatoms. The molecule has 3 unspecified atom stereocenters. The minimum Gasteiger partial charge on any atom is -0.387 e. The molecule has 466 valence electrons. The van der Waals surface area contributed by atoms with E-state index in [0.717, 1.165) is 70.6 Å². The molecule has 3 N–H and O–H groups in total. The lowest BCUT2D eigenvalue weighted by Gasteiger charge is -2.25. The van der Waals surface area contributed by atoms with E-state index in [0.29, 0.717) is 17.4 Å². The number of hydrogen-bond donors (Lipinski definition) is 3. The van der Waals surface area contributed by atoms with Crippen molar-refractivity contribution in [1.82, 2.24) is 5.32 Å². The minimum atomic E-state index is -4.36. The van der Waals surface area contributed by atoms with Crippen LogP contribution >= 0.6 is 7.82 Å². The second-order valence-corrected chi connectivity index (χ2v) is 25.6. The highest BCUT2D eigenvalue weighted by Crippen LogP contribution is 2.43. The zero-order chi connectivity index (χ0) is 58.4. The smallest absolute Gasteiger partial charge is 0.387 e. The van der Waals surface area contributed by atoms with E-state index in [9.17, 15) is 19.4 Å². The molecule has 0 spiro atoms. The van der Waals surface area contributed by atoms with Crippen molar-refractivity contribution >= 4 is 13.7 Å². The van der Waals surface area contributed by atoms with Crippen LogP contribution in [0.15, 0.2) is 85.1 Å². The monoisotopic (exact) mass is 1140 g/mol. The van der Waals surface area contributed by atoms with Crippen LogP contribution in [0.1, 0.15) is 309 Å². The van der Waals surface area contributed by atoms with Crippen LogP contribution in [0, 0.1) is 0 Å². The van der Waals surface area contributed by atoms with Gasteiger partial charge in [-0.05, 0) is 77.0 Å². The number of nitrogens with one attached hydrogen (secondary N) is 1. The first-order valence-electron chi connectivity index (χ1n) is 34.0. The number of rotatable bonds is 62. The summed E-state index contributed by atoms with van der Waals surface area (Å²) in [6.45, 7) is 4.70. The molecule has 80 heavy (non-hydrogen) atoms. The number of hydrogen-bond acceptors (Lipinski definition) is 5. The van der Waals surface area contributed by atoms with Gasteiger partial charge in [0.05, 0.1) is 39.9 Å². The van der Waals surface area contributed by atoms with Crippen LogP contribution in [-0.4, -0.2) is 73.4 Å². The zero-order valence-electron chi connectivity index (χ0n) is 53.3. The Bertz CT molecular complexity index is 1580. The summed E-state index contributed by atoms with van der Waals surface area (Å²) < 4.78 is 23.7. The molecule has 0 bridgehead atoms. The molecule has 0 aromatic carbocycles. The molecule has 0 aliphatic heterocycles. The third kappa shape index (κ3) is 63.3. The van der Waals surface area contributed by atoms with E-state index in [4.69, 9.17) is 9.05 Å². The number of allylic oxidation sites excluding steroid dienone is 13. The Kier molecular flexibility index (Phi) is 59.5. The van der Waals surface area contributed by atoms with Crippen molar-refractivity contribution < 1.29 is 32.9 Å². The van der Waals surface area contributed by atoms with Crippen molar-refractivity contribution in [2.45, 2.75) is 321 Å². The van der Waals surface area contributed by atoms with E-state index in [-0.39, 0.29) is 19.1 Å². The summed E-state index contributed by atoms with van der Waals surface area (Å²) in [5, 5.41) is 13.9. The fraction of sp³-hybridized carbons (Fsp3) is 0.789. The number of carbonyl (C=O) groups is 1. The highest BCUT2D eigenvalue weighted by Gasteiger charge is 2.28. The van der Waals surface area contributed by atoms with E-state index < -0.39 is 20.0 Å². The molecule has 0 radical (unpaired) electrons. The summed E-state index contributed by atoms with van der Waals surface area (Å²) in [7, 11) is 1.56. The van der Waals surface area contributed by atoms with E-state index in [1.54, 1.807) is 6.08 Å². The number of aliphatic hydroxyl groups excluding tert-OH is 1. The van der Waals surface area contributed by atoms with Crippen LogP contribution in [0.5, 0.6) is 0 Å². The van der Waals surface area contributed by atoms with Gasteiger partial charge in [0.15, 0.2) is 0 Å². The number of amides is 1. The number of quaternary nitrogens is 1. The molecule has 0 rings (SSSR count). The van der Waals surface area contributed by atoms with Crippen LogP contribution in [0.2, 0.25) is 0 Å². The first-order valence-corrected chi connectivity index (χ1v) is 35.5. The molecule has 8 nitrogen and oxygen atoms in total. The van der Waals surface area contributed by atoms with Gasteiger partial charge in [0.1, 0.15) is 13.2 Å². The lowest BCUT2D eigenvalue weighted by atomic mass is 10.0. The maximum absolute atomic E-state index is 13.0. The Morgan fingerprint density at radius 1 is 0.438 bits per heavy atom. The summed E-state index contributed by atoms with van der Waals surface area (Å²) in [6.07, 6.45) is 87.4. The molecule has 0 aromatic rings.